The van der Waals surface area contributed by atoms with Gasteiger partial charge in [0.2, 0.25) is 0 Å². The molecule has 0 aromatic heterocycles. The number of hydrogen-bond donors (Lipinski definition) is 0. The highest BCUT2D eigenvalue weighted by molar-refractivity contribution is 5.85. The number of benzene rings is 2. The molecule has 0 saturated carbocycles. The summed E-state index contributed by atoms with van der Waals surface area (Å²) >= 11 is 0. The molecule has 28 heavy (non-hydrogen) atoms. The Morgan fingerprint density at radius 3 is 1.79 bits per heavy atom. The van der Waals surface area contributed by atoms with E-state index in [1.54, 1.807) is 48.5 Å². The van der Waals surface area contributed by atoms with Crippen molar-refractivity contribution in [3.8, 4) is 0 Å². The largest absolute Gasteiger partial charge is 1.00 e. The molecule has 148 valence electrons. The number of likely N-dealkylation sites (N-methyl/N-ethyl adjacent to an activating group) is 1. The minimum atomic E-state index is -2.31. The monoisotopic (exact) mass is 445 g/mol. The number of hydrogen-bond acceptors (Lipinski definition) is 2. The van der Waals surface area contributed by atoms with Crippen LogP contribution in [0.2, 0.25) is 0 Å². The lowest BCUT2D eigenvalue weighted by molar-refractivity contribution is -0.926. The number of esters is 1. The highest BCUT2D eigenvalue weighted by Crippen LogP contribution is 2.39. The van der Waals surface area contributed by atoms with Crippen LogP contribution in [-0.2, 0) is 15.2 Å². The first-order valence-corrected chi connectivity index (χ1v) is 9.45. The Morgan fingerprint density at radius 2 is 1.36 bits per heavy atom. The molecule has 0 amide bonds. The summed E-state index contributed by atoms with van der Waals surface area (Å²) in [5.41, 5.74) is -1.71. The molecule has 1 saturated heterocycles. The van der Waals surface area contributed by atoms with E-state index < -0.39 is 11.6 Å². The lowest BCUT2D eigenvalue weighted by atomic mass is 9.88. The van der Waals surface area contributed by atoms with Gasteiger partial charge in [0.15, 0.2) is 0 Å². The maximum Gasteiger partial charge on any atom is 0.353 e. The zero-order chi connectivity index (χ0) is 19.1. The Bertz CT molecular complexity index is 796. The fourth-order valence-corrected chi connectivity index (χ4v) is 4.35. The summed E-state index contributed by atoms with van der Waals surface area (Å²) in [6.45, 7) is 0. The van der Waals surface area contributed by atoms with Crippen LogP contribution in [-0.4, -0.2) is 42.7 Å². The smallest absolute Gasteiger partial charge is 0.353 e. The third-order valence-corrected chi connectivity index (χ3v) is 6.17. The Hall–Kier alpha value is -1.98. The molecule has 5 heteroatoms. The third-order valence-electron chi connectivity index (χ3n) is 6.17. The number of nitrogens with zero attached hydrogens (tertiary/aromatic N) is 1. The van der Waals surface area contributed by atoms with Crippen LogP contribution in [0.5, 0.6) is 0 Å². The Balaban J connectivity index is 0.00000225. The molecule has 4 rings (SSSR count). The summed E-state index contributed by atoms with van der Waals surface area (Å²) in [7, 11) is 4.39. The van der Waals surface area contributed by atoms with Crippen molar-refractivity contribution in [1.82, 2.24) is 0 Å². The second kappa shape index (κ2) is 7.80. The molecule has 0 aliphatic carbocycles. The molecule has 2 bridgehead atoms. The zero-order valence-corrected chi connectivity index (χ0v) is 17.7. The topological polar surface area (TPSA) is 26.3 Å². The van der Waals surface area contributed by atoms with E-state index in [0.717, 1.165) is 17.3 Å². The van der Waals surface area contributed by atoms with Gasteiger partial charge in [-0.15, -0.1) is 0 Å². The van der Waals surface area contributed by atoms with Crippen LogP contribution in [0, 0.1) is 0 Å². The Morgan fingerprint density at radius 1 is 0.929 bits per heavy atom. The van der Waals surface area contributed by atoms with Gasteiger partial charge in [0, 0.05) is 24.0 Å². The van der Waals surface area contributed by atoms with Gasteiger partial charge in [-0.25, -0.2) is 9.18 Å². The molecule has 2 aliphatic heterocycles. The lowest BCUT2D eigenvalue weighted by Gasteiger charge is -2.44. The van der Waals surface area contributed by atoms with Crippen LogP contribution in [0.3, 0.4) is 0 Å². The van der Waals surface area contributed by atoms with E-state index in [-0.39, 0.29) is 23.1 Å². The number of rotatable bonds is 4. The summed E-state index contributed by atoms with van der Waals surface area (Å²) in [5, 5.41) is 0. The number of ether oxygens (including phenoxy) is 1. The third kappa shape index (κ3) is 3.42. The summed E-state index contributed by atoms with van der Waals surface area (Å²) in [6.07, 6.45) is 5.60. The van der Waals surface area contributed by atoms with Crippen molar-refractivity contribution in [2.45, 2.75) is 36.7 Å². The van der Waals surface area contributed by atoms with Crippen molar-refractivity contribution in [2.75, 3.05) is 14.1 Å². The number of fused-ring (bicyclic) bond motifs is 2. The van der Waals surface area contributed by atoms with E-state index >= 15 is 4.39 Å². The van der Waals surface area contributed by atoms with Crippen molar-refractivity contribution in [3.05, 3.63) is 83.9 Å². The molecule has 2 unspecified atom stereocenters. The first kappa shape index (κ1) is 20.7. The van der Waals surface area contributed by atoms with Crippen LogP contribution in [0.1, 0.15) is 24.0 Å². The molecular weight excluding hydrogens is 421 g/mol. The number of piperidine rings is 1. The van der Waals surface area contributed by atoms with Crippen molar-refractivity contribution in [1.29, 1.82) is 0 Å². The normalized spacial score (nSPS) is 25.0. The van der Waals surface area contributed by atoms with Crippen molar-refractivity contribution < 1.29 is 35.4 Å². The number of halogens is 2. The first-order valence-electron chi connectivity index (χ1n) is 9.45. The maximum absolute atomic E-state index is 16.3. The SMILES string of the molecule is C[N+]1(C)C2C=C[C@@H]1CC(OC(=O)C(F)(c1ccccc1)c1ccccc1)C2.[Br-]. The summed E-state index contributed by atoms with van der Waals surface area (Å²) < 4.78 is 22.9. The quantitative estimate of drug-likeness (QED) is 0.398. The van der Waals surface area contributed by atoms with Gasteiger partial charge in [-0.3, -0.25) is 0 Å². The molecule has 1 fully saturated rings. The van der Waals surface area contributed by atoms with Gasteiger partial charge in [-0.2, -0.15) is 0 Å². The molecule has 2 aliphatic rings. The van der Waals surface area contributed by atoms with Crippen molar-refractivity contribution in [3.63, 3.8) is 0 Å². The molecule has 2 heterocycles. The van der Waals surface area contributed by atoms with E-state index in [1.165, 1.54) is 0 Å². The minimum Gasteiger partial charge on any atom is -1.00 e. The van der Waals surface area contributed by atoms with Crippen LogP contribution in [0.15, 0.2) is 72.8 Å². The fraction of sp³-hybridized carbons (Fsp3) is 0.348. The standard InChI is InChI=1S/C23H25FNO2.BrH/c1-25(2)19-13-14-20(25)16-21(15-19)27-22(26)23(24,17-9-5-3-6-10-17)18-11-7-4-8-12-18;/h3-14,19-21H,15-16H2,1-2H3;1H/q+1;/p-1/t19-,20?,21?;/m1./s1. The predicted molar refractivity (Wildman–Crippen MR) is 103 cm³/mol. The number of carbonyl (C=O) groups excluding carboxylic acids is 1. The van der Waals surface area contributed by atoms with E-state index in [2.05, 4.69) is 26.2 Å². The molecule has 0 N–H and O–H groups in total. The molecular formula is C23H25BrFNO2. The highest BCUT2D eigenvalue weighted by atomic mass is 79.9. The van der Waals surface area contributed by atoms with Gasteiger partial charge in [0.05, 0.1) is 14.1 Å². The number of quaternary nitrogens is 1. The molecule has 3 atom stereocenters. The average Bonchev–Trinajstić information content (AvgIpc) is 2.86. The van der Waals surface area contributed by atoms with Gasteiger partial charge < -0.3 is 26.2 Å². The Labute approximate surface area is 176 Å². The molecule has 2 aromatic rings. The summed E-state index contributed by atoms with van der Waals surface area (Å²) in [5.74, 6) is -0.823. The number of alkyl halides is 1. The highest BCUT2D eigenvalue weighted by Gasteiger charge is 2.50. The molecule has 2 aromatic carbocycles. The number of carbonyl (C=O) groups is 1. The second-order valence-electron chi connectivity index (χ2n) is 8.04. The van der Waals surface area contributed by atoms with E-state index in [0.29, 0.717) is 23.2 Å². The van der Waals surface area contributed by atoms with Crippen LogP contribution >= 0.6 is 0 Å². The van der Waals surface area contributed by atoms with Crippen LogP contribution in [0.4, 0.5) is 4.39 Å². The molecule has 0 spiro atoms. The second-order valence-corrected chi connectivity index (χ2v) is 8.04. The zero-order valence-electron chi connectivity index (χ0n) is 16.1. The predicted octanol–water partition coefficient (Wildman–Crippen LogP) is 0.993. The first-order chi connectivity index (χ1) is 12.9. The molecule has 0 radical (unpaired) electrons. The van der Waals surface area contributed by atoms with Gasteiger partial charge in [-0.1, -0.05) is 60.7 Å². The van der Waals surface area contributed by atoms with Gasteiger partial charge in [0.25, 0.3) is 5.67 Å². The van der Waals surface area contributed by atoms with Crippen LogP contribution in [0.25, 0.3) is 0 Å². The Kier molecular flexibility index (Phi) is 5.78. The van der Waals surface area contributed by atoms with E-state index in [9.17, 15) is 4.79 Å². The van der Waals surface area contributed by atoms with Gasteiger partial charge >= 0.3 is 5.97 Å². The van der Waals surface area contributed by atoms with Crippen molar-refractivity contribution >= 4 is 5.97 Å². The lowest BCUT2D eigenvalue weighted by Crippen LogP contribution is -3.00. The van der Waals surface area contributed by atoms with Gasteiger partial charge in [-0.05, 0) is 12.2 Å². The molecule has 3 nitrogen and oxygen atoms in total. The van der Waals surface area contributed by atoms with Crippen molar-refractivity contribution in [2.24, 2.45) is 0 Å². The summed E-state index contributed by atoms with van der Waals surface area (Å²) in [6, 6.07) is 17.8. The maximum atomic E-state index is 16.3. The minimum absolute atomic E-state index is 0. The van der Waals surface area contributed by atoms with E-state index in [1.807, 2.05) is 12.1 Å². The van der Waals surface area contributed by atoms with E-state index in [4.69, 9.17) is 4.74 Å². The van der Waals surface area contributed by atoms with Gasteiger partial charge in [0.1, 0.15) is 18.2 Å². The summed E-state index contributed by atoms with van der Waals surface area (Å²) in [4.78, 5) is 13.1. The fourth-order valence-electron chi connectivity index (χ4n) is 4.35. The van der Waals surface area contributed by atoms with Crippen LogP contribution < -0.4 is 17.0 Å². The average molecular weight is 446 g/mol.